The van der Waals surface area contributed by atoms with Crippen molar-refractivity contribution in [2.75, 3.05) is 0 Å². The Balaban J connectivity index is 1.46. The minimum absolute atomic E-state index is 0.138. The van der Waals surface area contributed by atoms with Crippen molar-refractivity contribution in [1.82, 2.24) is 9.88 Å². The number of aromatic nitrogens is 1. The van der Waals surface area contributed by atoms with Crippen LogP contribution in [0.1, 0.15) is 50.4 Å². The van der Waals surface area contributed by atoms with E-state index in [1.165, 1.54) is 0 Å². The second kappa shape index (κ2) is 9.30. The number of carbonyl (C=O) groups is 2. The molecule has 4 aromatic carbocycles. The quantitative estimate of drug-likeness (QED) is 0.231. The topological polar surface area (TPSA) is 71.3 Å². The number of amides is 1. The van der Waals surface area contributed by atoms with Gasteiger partial charge in [-0.2, -0.15) is 0 Å². The summed E-state index contributed by atoms with van der Waals surface area (Å²) in [7, 11) is 0. The molecular weight excluding hydrogens is 540 g/mol. The highest BCUT2D eigenvalue weighted by atomic mass is 79.9. The maximum Gasteiger partial charge on any atom is 0.335 e. The number of nitrogens with one attached hydrogen (secondary N) is 1. The number of halogens is 1. The Kier molecular flexibility index (Phi) is 5.92. The van der Waals surface area contributed by atoms with Crippen LogP contribution in [0.4, 0.5) is 0 Å². The zero-order valence-electron chi connectivity index (χ0n) is 21.0. The predicted octanol–water partition coefficient (Wildman–Crippen LogP) is 7.60. The van der Waals surface area contributed by atoms with Gasteiger partial charge in [0.05, 0.1) is 17.3 Å². The molecule has 38 heavy (non-hydrogen) atoms. The van der Waals surface area contributed by atoms with E-state index in [-0.39, 0.29) is 17.5 Å². The molecule has 1 aliphatic rings. The Labute approximate surface area is 228 Å². The van der Waals surface area contributed by atoms with Crippen LogP contribution in [0.3, 0.4) is 0 Å². The molecule has 188 valence electrons. The molecule has 5 aromatic rings. The smallest absolute Gasteiger partial charge is 0.335 e. The molecule has 0 fully saturated rings. The molecule has 0 unspecified atom stereocenters. The molecule has 2 bridgehead atoms. The molecule has 1 atom stereocenters. The van der Waals surface area contributed by atoms with Gasteiger partial charge in [0.2, 0.25) is 0 Å². The summed E-state index contributed by atoms with van der Waals surface area (Å²) in [5.74, 6) is -1.09. The molecule has 1 aliphatic heterocycles. The normalized spacial score (nSPS) is 12.7. The molecule has 1 amide bonds. The monoisotopic (exact) mass is 564 g/mol. The fourth-order valence-corrected chi connectivity index (χ4v) is 5.73. The third kappa shape index (κ3) is 4.11. The Morgan fingerprint density at radius 1 is 0.921 bits per heavy atom. The van der Waals surface area contributed by atoms with Crippen molar-refractivity contribution in [1.29, 1.82) is 0 Å². The second-order valence-electron chi connectivity index (χ2n) is 9.80. The number of fused-ring (bicyclic) bond motifs is 8. The number of nitrogens with zero attached hydrogens (tertiary/aromatic N) is 1. The van der Waals surface area contributed by atoms with Gasteiger partial charge in [-0.25, -0.2) is 4.79 Å². The zero-order valence-corrected chi connectivity index (χ0v) is 22.5. The summed E-state index contributed by atoms with van der Waals surface area (Å²) in [5, 5.41) is 13.9. The molecule has 0 saturated heterocycles. The summed E-state index contributed by atoms with van der Waals surface area (Å²) in [6.07, 6.45) is 0. The first kappa shape index (κ1) is 24.2. The highest BCUT2D eigenvalue weighted by molar-refractivity contribution is 9.10. The predicted molar refractivity (Wildman–Crippen MR) is 154 cm³/mol. The maximum atomic E-state index is 13.2. The number of hydrogen-bond donors (Lipinski definition) is 2. The fourth-order valence-electron chi connectivity index (χ4n) is 5.47. The van der Waals surface area contributed by atoms with E-state index in [0.29, 0.717) is 12.1 Å². The fraction of sp³-hybridized carbons (Fsp3) is 0.125. The van der Waals surface area contributed by atoms with Gasteiger partial charge in [-0.05, 0) is 95.8 Å². The van der Waals surface area contributed by atoms with Crippen molar-refractivity contribution in [3.8, 4) is 22.4 Å². The first-order valence-corrected chi connectivity index (χ1v) is 13.3. The minimum Gasteiger partial charge on any atom is -0.478 e. The van der Waals surface area contributed by atoms with E-state index in [1.54, 1.807) is 12.1 Å². The second-order valence-corrected chi connectivity index (χ2v) is 10.7. The van der Waals surface area contributed by atoms with Crippen LogP contribution in [0.2, 0.25) is 0 Å². The van der Waals surface area contributed by atoms with E-state index in [4.69, 9.17) is 0 Å². The molecule has 0 radical (unpaired) electrons. The first-order valence-electron chi connectivity index (χ1n) is 12.5. The third-order valence-corrected chi connectivity index (χ3v) is 7.94. The van der Waals surface area contributed by atoms with Gasteiger partial charge in [0.1, 0.15) is 0 Å². The molecule has 0 spiro atoms. The molecule has 1 aromatic heterocycles. The zero-order chi connectivity index (χ0) is 26.6. The van der Waals surface area contributed by atoms with Gasteiger partial charge in [-0.3, -0.25) is 4.79 Å². The largest absolute Gasteiger partial charge is 0.478 e. The van der Waals surface area contributed by atoms with Crippen LogP contribution in [0.25, 0.3) is 33.3 Å². The van der Waals surface area contributed by atoms with Crippen LogP contribution in [0.5, 0.6) is 0 Å². The molecule has 6 heteroatoms. The van der Waals surface area contributed by atoms with E-state index in [9.17, 15) is 14.7 Å². The van der Waals surface area contributed by atoms with Crippen LogP contribution >= 0.6 is 15.9 Å². The van der Waals surface area contributed by atoms with Crippen molar-refractivity contribution < 1.29 is 14.7 Å². The molecule has 0 saturated carbocycles. The van der Waals surface area contributed by atoms with Crippen LogP contribution in [-0.4, -0.2) is 21.6 Å². The molecule has 5 nitrogen and oxygen atoms in total. The first-order chi connectivity index (χ1) is 18.3. The number of benzene rings is 4. The number of carbonyl (C=O) groups excluding carboxylic acids is 1. The molecule has 2 heterocycles. The van der Waals surface area contributed by atoms with Gasteiger partial charge >= 0.3 is 5.97 Å². The van der Waals surface area contributed by atoms with Gasteiger partial charge in [-0.15, -0.1) is 0 Å². The SMILES string of the molecule is Cc1c2n(c3ccc(C(=O)N[C@@H](C)c4ccc(Br)cc4)cc13)Cc1ccccc1-c1cc(C(=O)O)cc-2c1. The number of aromatic carboxylic acids is 1. The van der Waals surface area contributed by atoms with Crippen molar-refractivity contribution in [3.05, 3.63) is 117 Å². The van der Waals surface area contributed by atoms with E-state index >= 15 is 0 Å². The summed E-state index contributed by atoms with van der Waals surface area (Å²) < 4.78 is 3.23. The average Bonchev–Trinajstić information content (AvgIpc) is 3.18. The number of carboxylic acid groups (broad SMARTS) is 1. The van der Waals surface area contributed by atoms with Crippen LogP contribution in [0, 0.1) is 6.92 Å². The van der Waals surface area contributed by atoms with Crippen molar-refractivity contribution in [3.63, 3.8) is 0 Å². The van der Waals surface area contributed by atoms with Gasteiger partial charge in [0.25, 0.3) is 5.91 Å². The van der Waals surface area contributed by atoms with Gasteiger partial charge in [0.15, 0.2) is 0 Å². The Bertz CT molecular complexity index is 1750. The minimum atomic E-state index is -0.953. The molecule has 2 N–H and O–H groups in total. The number of carboxylic acids is 1. The van der Waals surface area contributed by atoms with Crippen LogP contribution < -0.4 is 5.32 Å². The summed E-state index contributed by atoms with van der Waals surface area (Å²) in [4.78, 5) is 25.2. The van der Waals surface area contributed by atoms with Crippen molar-refractivity contribution in [2.24, 2.45) is 0 Å². The summed E-state index contributed by atoms with van der Waals surface area (Å²) in [5.41, 5.74) is 8.77. The average molecular weight is 565 g/mol. The molecule has 0 aliphatic carbocycles. The van der Waals surface area contributed by atoms with Gasteiger partial charge in [0, 0.05) is 27.5 Å². The lowest BCUT2D eigenvalue weighted by atomic mass is 9.92. The van der Waals surface area contributed by atoms with Crippen molar-refractivity contribution in [2.45, 2.75) is 26.4 Å². The summed E-state index contributed by atoms with van der Waals surface area (Å²) >= 11 is 3.45. The lowest BCUT2D eigenvalue weighted by molar-refractivity contribution is 0.0696. The summed E-state index contributed by atoms with van der Waals surface area (Å²) in [6, 6.07) is 27.2. The highest BCUT2D eigenvalue weighted by Gasteiger charge is 2.23. The maximum absolute atomic E-state index is 13.2. The standard InChI is InChI=1S/C32H25BrN2O3/c1-18-28-16-21(31(36)34-19(2)20-7-10-26(33)11-8-20)9-12-29(28)35-17-22-5-3-4-6-27(22)23-13-24(30(18)35)15-25(14-23)32(37)38/h3-16,19H,17H2,1-2H3,(H,34,36)(H,37,38)/t19-/m0/s1. The Morgan fingerprint density at radius 2 is 1.66 bits per heavy atom. The van der Waals surface area contributed by atoms with E-state index < -0.39 is 5.97 Å². The van der Waals surface area contributed by atoms with E-state index in [2.05, 4.69) is 37.9 Å². The number of hydrogen-bond acceptors (Lipinski definition) is 2. The van der Waals surface area contributed by atoms with Crippen LogP contribution in [-0.2, 0) is 6.54 Å². The molecular formula is C32H25BrN2O3. The third-order valence-electron chi connectivity index (χ3n) is 7.41. The van der Waals surface area contributed by atoms with Gasteiger partial charge in [-0.1, -0.05) is 52.3 Å². The summed E-state index contributed by atoms with van der Waals surface area (Å²) in [6.45, 7) is 4.66. The van der Waals surface area contributed by atoms with Gasteiger partial charge < -0.3 is 15.0 Å². The van der Waals surface area contributed by atoms with E-state index in [0.717, 1.165) is 54.5 Å². The Hall–Kier alpha value is -4.16. The Morgan fingerprint density at radius 3 is 2.42 bits per heavy atom. The van der Waals surface area contributed by atoms with Crippen LogP contribution in [0.15, 0.2) is 89.4 Å². The van der Waals surface area contributed by atoms with Crippen molar-refractivity contribution >= 4 is 38.7 Å². The lowest BCUT2D eigenvalue weighted by Crippen LogP contribution is -2.26. The highest BCUT2D eigenvalue weighted by Crippen LogP contribution is 2.40. The lowest BCUT2D eigenvalue weighted by Gasteiger charge is -2.20. The van der Waals surface area contributed by atoms with E-state index in [1.807, 2.05) is 74.5 Å². The molecule has 6 rings (SSSR count). The number of aryl methyl sites for hydroxylation is 1. The number of rotatable bonds is 4.